The van der Waals surface area contributed by atoms with Crippen LogP contribution in [0, 0.1) is 0 Å². The first-order valence-corrected chi connectivity index (χ1v) is 11.4. The highest BCUT2D eigenvalue weighted by Crippen LogP contribution is 2.25. The standard InChI is InChI=1S/C26H28F3N3O4/c1-4-18-15-30-24(31-16-18)32(17-20-6-5-7-22(14-20)36-26(27,28)29)13-12-19-8-10-21(11-9-19)35-25(2,3)23(33)34/h5-11,14-16H,4,12-13,17H2,1-3H3,(H,33,34). The number of carboxylic acids is 1. The maximum Gasteiger partial charge on any atom is 0.573 e. The molecule has 7 nitrogen and oxygen atoms in total. The van der Waals surface area contributed by atoms with Gasteiger partial charge in [0, 0.05) is 25.5 Å². The largest absolute Gasteiger partial charge is 0.573 e. The van der Waals surface area contributed by atoms with Gasteiger partial charge in [-0.2, -0.15) is 0 Å². The van der Waals surface area contributed by atoms with Crippen molar-refractivity contribution in [2.75, 3.05) is 11.4 Å². The Hall–Kier alpha value is -3.82. The summed E-state index contributed by atoms with van der Waals surface area (Å²) in [5, 5.41) is 9.23. The second kappa shape index (κ2) is 11.3. The van der Waals surface area contributed by atoms with Crippen molar-refractivity contribution in [1.29, 1.82) is 0 Å². The first kappa shape index (κ1) is 26.8. The summed E-state index contributed by atoms with van der Waals surface area (Å²) < 4.78 is 47.5. The Kier molecular flexibility index (Phi) is 8.39. The van der Waals surface area contributed by atoms with Crippen molar-refractivity contribution in [2.24, 2.45) is 0 Å². The van der Waals surface area contributed by atoms with Gasteiger partial charge >= 0.3 is 12.3 Å². The molecule has 0 aliphatic heterocycles. The molecule has 1 aromatic heterocycles. The van der Waals surface area contributed by atoms with Gasteiger partial charge in [-0.25, -0.2) is 14.8 Å². The van der Waals surface area contributed by atoms with Crippen LogP contribution < -0.4 is 14.4 Å². The molecule has 36 heavy (non-hydrogen) atoms. The summed E-state index contributed by atoms with van der Waals surface area (Å²) in [6, 6.07) is 12.9. The molecule has 192 valence electrons. The molecule has 1 N–H and O–H groups in total. The van der Waals surface area contributed by atoms with Gasteiger partial charge in [0.15, 0.2) is 5.60 Å². The van der Waals surface area contributed by atoms with Gasteiger partial charge in [-0.1, -0.05) is 31.2 Å². The minimum atomic E-state index is -4.77. The predicted octanol–water partition coefficient (Wildman–Crippen LogP) is 5.43. The number of halogens is 3. The molecule has 0 saturated carbocycles. The fourth-order valence-corrected chi connectivity index (χ4v) is 3.33. The Balaban J connectivity index is 1.75. The number of aryl methyl sites for hydroxylation is 1. The van der Waals surface area contributed by atoms with E-state index in [1.807, 2.05) is 24.0 Å². The van der Waals surface area contributed by atoms with Crippen LogP contribution in [0.5, 0.6) is 11.5 Å². The molecule has 0 amide bonds. The highest BCUT2D eigenvalue weighted by atomic mass is 19.4. The SMILES string of the molecule is CCc1cnc(N(CCc2ccc(OC(C)(C)C(=O)O)cc2)Cc2cccc(OC(F)(F)F)c2)nc1. The molecule has 0 atom stereocenters. The molecule has 3 rings (SSSR count). The first-order chi connectivity index (χ1) is 16.9. The van der Waals surface area contributed by atoms with Crippen molar-refractivity contribution in [3.8, 4) is 11.5 Å². The van der Waals surface area contributed by atoms with Gasteiger partial charge in [0.1, 0.15) is 11.5 Å². The number of anilines is 1. The Morgan fingerprint density at radius 2 is 1.61 bits per heavy atom. The number of aromatic nitrogens is 2. The van der Waals surface area contributed by atoms with Gasteiger partial charge < -0.3 is 19.5 Å². The summed E-state index contributed by atoms with van der Waals surface area (Å²) in [6.07, 6.45) is 0.0567. The molecule has 0 aliphatic rings. The van der Waals surface area contributed by atoms with Crippen LogP contribution in [0.1, 0.15) is 37.5 Å². The van der Waals surface area contributed by atoms with Gasteiger partial charge in [-0.3, -0.25) is 0 Å². The van der Waals surface area contributed by atoms with Crippen molar-refractivity contribution >= 4 is 11.9 Å². The van der Waals surface area contributed by atoms with Crippen molar-refractivity contribution in [1.82, 2.24) is 9.97 Å². The van der Waals surface area contributed by atoms with E-state index in [4.69, 9.17) is 4.74 Å². The van der Waals surface area contributed by atoms with Gasteiger partial charge in [0.05, 0.1) is 0 Å². The Labute approximate surface area is 207 Å². The first-order valence-electron chi connectivity index (χ1n) is 11.4. The molecule has 0 fully saturated rings. The Morgan fingerprint density at radius 3 is 2.19 bits per heavy atom. The van der Waals surface area contributed by atoms with Crippen LogP contribution in [0.15, 0.2) is 60.9 Å². The fourth-order valence-electron chi connectivity index (χ4n) is 3.33. The monoisotopic (exact) mass is 503 g/mol. The van der Waals surface area contributed by atoms with Gasteiger partial charge in [0.2, 0.25) is 5.95 Å². The summed E-state index contributed by atoms with van der Waals surface area (Å²) >= 11 is 0. The third-order valence-corrected chi connectivity index (χ3v) is 5.37. The summed E-state index contributed by atoms with van der Waals surface area (Å²) in [6.45, 7) is 5.69. The number of ether oxygens (including phenoxy) is 2. The van der Waals surface area contributed by atoms with Gasteiger partial charge in [-0.05, 0) is 67.6 Å². The molecule has 0 radical (unpaired) electrons. The molecule has 0 bridgehead atoms. The summed E-state index contributed by atoms with van der Waals surface area (Å²) in [5.41, 5.74) is 1.18. The quantitative estimate of drug-likeness (QED) is 0.374. The van der Waals surface area contributed by atoms with E-state index in [0.717, 1.165) is 17.5 Å². The zero-order chi connectivity index (χ0) is 26.3. The maximum atomic E-state index is 12.6. The molecular weight excluding hydrogens is 475 g/mol. The average Bonchev–Trinajstić information content (AvgIpc) is 2.81. The van der Waals surface area contributed by atoms with Crippen molar-refractivity contribution in [3.05, 3.63) is 77.6 Å². The number of carbonyl (C=O) groups is 1. The molecule has 0 unspecified atom stereocenters. The molecule has 3 aromatic rings. The molecule has 0 aliphatic carbocycles. The molecule has 0 spiro atoms. The lowest BCUT2D eigenvalue weighted by molar-refractivity contribution is -0.274. The minimum Gasteiger partial charge on any atom is -0.478 e. The number of aliphatic carboxylic acids is 1. The molecule has 2 aromatic carbocycles. The van der Waals surface area contributed by atoms with E-state index in [2.05, 4.69) is 14.7 Å². The van der Waals surface area contributed by atoms with Crippen LogP contribution in [0.3, 0.4) is 0 Å². The van der Waals surface area contributed by atoms with Crippen molar-refractivity contribution in [2.45, 2.75) is 52.1 Å². The number of carboxylic acid groups (broad SMARTS) is 1. The number of hydrogen-bond acceptors (Lipinski definition) is 6. The second-order valence-corrected chi connectivity index (χ2v) is 8.67. The van der Waals surface area contributed by atoms with Crippen LogP contribution in [0.25, 0.3) is 0 Å². The lowest BCUT2D eigenvalue weighted by Crippen LogP contribution is -2.37. The summed E-state index contributed by atoms with van der Waals surface area (Å²) in [7, 11) is 0. The Morgan fingerprint density at radius 1 is 0.944 bits per heavy atom. The van der Waals surface area contributed by atoms with Crippen LogP contribution in [-0.4, -0.2) is 39.6 Å². The van der Waals surface area contributed by atoms with Crippen LogP contribution in [-0.2, 0) is 24.2 Å². The van der Waals surface area contributed by atoms with Gasteiger partial charge in [-0.15, -0.1) is 13.2 Å². The number of alkyl halides is 3. The lowest BCUT2D eigenvalue weighted by Gasteiger charge is -2.24. The van der Waals surface area contributed by atoms with Crippen LogP contribution in [0.4, 0.5) is 19.1 Å². The van der Waals surface area contributed by atoms with E-state index in [0.29, 0.717) is 30.2 Å². The highest BCUT2D eigenvalue weighted by Gasteiger charge is 2.31. The normalized spacial score (nSPS) is 11.7. The highest BCUT2D eigenvalue weighted by molar-refractivity contribution is 5.76. The smallest absolute Gasteiger partial charge is 0.478 e. The van der Waals surface area contributed by atoms with E-state index in [1.165, 1.54) is 32.0 Å². The maximum absolute atomic E-state index is 12.6. The van der Waals surface area contributed by atoms with Gasteiger partial charge in [0.25, 0.3) is 0 Å². The third-order valence-electron chi connectivity index (χ3n) is 5.37. The molecule has 1 heterocycles. The number of benzene rings is 2. The van der Waals surface area contributed by atoms with E-state index in [1.54, 1.807) is 30.6 Å². The van der Waals surface area contributed by atoms with Crippen molar-refractivity contribution in [3.63, 3.8) is 0 Å². The van der Waals surface area contributed by atoms with Crippen molar-refractivity contribution < 1.29 is 32.5 Å². The summed E-state index contributed by atoms with van der Waals surface area (Å²) in [4.78, 5) is 22.0. The third kappa shape index (κ3) is 7.86. The molecule has 0 saturated heterocycles. The van der Waals surface area contributed by atoms with E-state index in [-0.39, 0.29) is 12.3 Å². The lowest BCUT2D eigenvalue weighted by atomic mass is 10.1. The molecule has 10 heteroatoms. The second-order valence-electron chi connectivity index (χ2n) is 8.67. The zero-order valence-corrected chi connectivity index (χ0v) is 20.2. The van der Waals surface area contributed by atoms with E-state index >= 15 is 0 Å². The predicted molar refractivity (Wildman–Crippen MR) is 128 cm³/mol. The number of nitrogens with zero attached hydrogens (tertiary/aromatic N) is 3. The van der Waals surface area contributed by atoms with Crippen LogP contribution >= 0.6 is 0 Å². The topological polar surface area (TPSA) is 84.8 Å². The molecular formula is C26H28F3N3O4. The zero-order valence-electron chi connectivity index (χ0n) is 20.2. The fraction of sp³-hybridized carbons (Fsp3) is 0.346. The average molecular weight is 504 g/mol. The number of rotatable bonds is 11. The Bertz CT molecular complexity index is 1150. The minimum absolute atomic E-state index is 0.272. The summed E-state index contributed by atoms with van der Waals surface area (Å²) in [5.74, 6) is -0.469. The van der Waals surface area contributed by atoms with E-state index in [9.17, 15) is 23.1 Å². The van der Waals surface area contributed by atoms with E-state index < -0.39 is 17.9 Å². The number of hydrogen-bond donors (Lipinski definition) is 1. The van der Waals surface area contributed by atoms with Crippen LogP contribution in [0.2, 0.25) is 0 Å².